The van der Waals surface area contributed by atoms with E-state index in [2.05, 4.69) is 53.8 Å². The molecule has 2 fully saturated rings. The standard InChI is InChI=1S/C27H38N4O/c1-19-9-10-20(2)24(17-19)18-25-21(3)28-22(4)29-27(25)31-15-13-30(14-16-31)26(32)12-11-23-7-5-6-8-23/h9-10,17,23H,5-8,11-16,18H2,1-4H3. The molecule has 2 aromatic rings. The van der Waals surface area contributed by atoms with Gasteiger partial charge in [-0.1, -0.05) is 49.4 Å². The van der Waals surface area contributed by atoms with Gasteiger partial charge in [-0.2, -0.15) is 0 Å². The molecule has 172 valence electrons. The molecular formula is C27H38N4O. The van der Waals surface area contributed by atoms with Gasteiger partial charge in [0.1, 0.15) is 11.6 Å². The first-order valence-electron chi connectivity index (χ1n) is 12.3. The van der Waals surface area contributed by atoms with Crippen LogP contribution < -0.4 is 4.90 Å². The van der Waals surface area contributed by atoms with E-state index < -0.39 is 0 Å². The zero-order valence-corrected chi connectivity index (χ0v) is 20.3. The monoisotopic (exact) mass is 434 g/mol. The Morgan fingerprint density at radius 3 is 2.44 bits per heavy atom. The Morgan fingerprint density at radius 2 is 1.72 bits per heavy atom. The van der Waals surface area contributed by atoms with Gasteiger partial charge in [-0.15, -0.1) is 0 Å². The van der Waals surface area contributed by atoms with Crippen LogP contribution in [0.4, 0.5) is 5.82 Å². The van der Waals surface area contributed by atoms with Gasteiger partial charge in [-0.25, -0.2) is 9.97 Å². The Bertz CT molecular complexity index is 956. The van der Waals surface area contributed by atoms with E-state index in [9.17, 15) is 4.79 Å². The predicted molar refractivity (Wildman–Crippen MR) is 130 cm³/mol. The Kier molecular flexibility index (Phi) is 7.12. The molecule has 0 unspecified atom stereocenters. The van der Waals surface area contributed by atoms with Crippen molar-refractivity contribution in [3.8, 4) is 0 Å². The van der Waals surface area contributed by atoms with Crippen LogP contribution in [0.15, 0.2) is 18.2 Å². The number of nitrogens with zero attached hydrogens (tertiary/aromatic N) is 4. The van der Waals surface area contributed by atoms with Crippen LogP contribution in [0.2, 0.25) is 0 Å². The molecule has 1 saturated carbocycles. The number of aryl methyl sites for hydroxylation is 4. The summed E-state index contributed by atoms with van der Waals surface area (Å²) in [5, 5.41) is 0. The molecule has 0 bridgehead atoms. The third-order valence-corrected chi connectivity index (χ3v) is 7.35. The quantitative estimate of drug-likeness (QED) is 0.647. The summed E-state index contributed by atoms with van der Waals surface area (Å²) in [5.41, 5.74) is 6.19. The van der Waals surface area contributed by atoms with Crippen LogP contribution in [-0.4, -0.2) is 47.0 Å². The van der Waals surface area contributed by atoms with Crippen molar-refractivity contribution in [2.45, 2.75) is 72.6 Å². The maximum absolute atomic E-state index is 12.8. The molecule has 4 rings (SSSR count). The molecule has 1 aliphatic carbocycles. The van der Waals surface area contributed by atoms with Gasteiger partial charge in [0.15, 0.2) is 0 Å². The van der Waals surface area contributed by atoms with E-state index in [1.54, 1.807) is 0 Å². The van der Waals surface area contributed by atoms with Gasteiger partial charge >= 0.3 is 0 Å². The zero-order chi connectivity index (χ0) is 22.7. The fraction of sp³-hybridized carbons (Fsp3) is 0.593. The van der Waals surface area contributed by atoms with Crippen molar-refractivity contribution < 1.29 is 4.79 Å². The SMILES string of the molecule is Cc1ccc(C)c(Cc2c(C)nc(C)nc2N2CCN(C(=O)CCC3CCCC3)CC2)c1. The van der Waals surface area contributed by atoms with Crippen LogP contribution >= 0.6 is 0 Å². The minimum Gasteiger partial charge on any atom is -0.353 e. The van der Waals surface area contributed by atoms with Crippen LogP contribution in [-0.2, 0) is 11.2 Å². The van der Waals surface area contributed by atoms with Crippen molar-refractivity contribution in [3.05, 3.63) is 52.0 Å². The maximum atomic E-state index is 12.8. The molecule has 0 N–H and O–H groups in total. The first-order chi connectivity index (χ1) is 15.4. The summed E-state index contributed by atoms with van der Waals surface area (Å²) in [6, 6.07) is 6.64. The molecule has 1 aromatic heterocycles. The molecule has 1 aromatic carbocycles. The first kappa shape index (κ1) is 22.8. The number of amides is 1. The van der Waals surface area contributed by atoms with Gasteiger partial charge < -0.3 is 9.80 Å². The number of benzene rings is 1. The molecule has 1 saturated heterocycles. The van der Waals surface area contributed by atoms with E-state index in [1.807, 2.05) is 6.92 Å². The fourth-order valence-corrected chi connectivity index (χ4v) is 5.32. The van der Waals surface area contributed by atoms with E-state index in [0.29, 0.717) is 12.3 Å². The topological polar surface area (TPSA) is 49.3 Å². The molecule has 0 spiro atoms. The molecule has 2 heterocycles. The Balaban J connectivity index is 1.44. The predicted octanol–water partition coefficient (Wildman–Crippen LogP) is 4.92. The summed E-state index contributed by atoms with van der Waals surface area (Å²) in [5.74, 6) is 2.98. The highest BCUT2D eigenvalue weighted by Crippen LogP contribution is 2.29. The average Bonchev–Trinajstić information content (AvgIpc) is 3.30. The number of piperazine rings is 1. The van der Waals surface area contributed by atoms with E-state index in [0.717, 1.165) is 62.3 Å². The molecule has 5 heteroatoms. The van der Waals surface area contributed by atoms with Crippen molar-refractivity contribution in [2.75, 3.05) is 31.1 Å². The van der Waals surface area contributed by atoms with Gasteiger partial charge in [0, 0.05) is 50.3 Å². The summed E-state index contributed by atoms with van der Waals surface area (Å²) in [4.78, 5) is 26.8. The van der Waals surface area contributed by atoms with Crippen LogP contribution in [0.3, 0.4) is 0 Å². The number of hydrogen-bond donors (Lipinski definition) is 0. The minimum absolute atomic E-state index is 0.335. The summed E-state index contributed by atoms with van der Waals surface area (Å²) in [6.07, 6.45) is 7.96. The van der Waals surface area contributed by atoms with Gasteiger partial charge in [-0.05, 0) is 51.2 Å². The molecule has 1 aliphatic heterocycles. The van der Waals surface area contributed by atoms with E-state index >= 15 is 0 Å². The maximum Gasteiger partial charge on any atom is 0.222 e. The van der Waals surface area contributed by atoms with E-state index in [-0.39, 0.29) is 0 Å². The number of anilines is 1. The molecule has 1 amide bonds. The van der Waals surface area contributed by atoms with Gasteiger partial charge in [0.2, 0.25) is 5.91 Å². The van der Waals surface area contributed by atoms with Gasteiger partial charge in [0.25, 0.3) is 0 Å². The lowest BCUT2D eigenvalue weighted by atomic mass is 9.97. The largest absolute Gasteiger partial charge is 0.353 e. The summed E-state index contributed by atoms with van der Waals surface area (Å²) >= 11 is 0. The summed E-state index contributed by atoms with van der Waals surface area (Å²) < 4.78 is 0. The van der Waals surface area contributed by atoms with E-state index in [1.165, 1.54) is 47.9 Å². The highest BCUT2D eigenvalue weighted by molar-refractivity contribution is 5.76. The second-order valence-electron chi connectivity index (χ2n) is 9.82. The summed E-state index contributed by atoms with van der Waals surface area (Å²) in [7, 11) is 0. The highest BCUT2D eigenvalue weighted by Gasteiger charge is 2.26. The first-order valence-corrected chi connectivity index (χ1v) is 12.3. The van der Waals surface area contributed by atoms with E-state index in [4.69, 9.17) is 4.98 Å². The van der Waals surface area contributed by atoms with Gasteiger partial charge in [0.05, 0.1) is 0 Å². The van der Waals surface area contributed by atoms with Crippen molar-refractivity contribution in [1.29, 1.82) is 0 Å². The lowest BCUT2D eigenvalue weighted by Crippen LogP contribution is -2.49. The Labute approximate surface area is 193 Å². The van der Waals surface area contributed by atoms with Crippen LogP contribution in [0, 0.1) is 33.6 Å². The van der Waals surface area contributed by atoms with Crippen molar-refractivity contribution in [1.82, 2.24) is 14.9 Å². The smallest absolute Gasteiger partial charge is 0.222 e. The highest BCUT2D eigenvalue weighted by atomic mass is 16.2. The zero-order valence-electron chi connectivity index (χ0n) is 20.3. The van der Waals surface area contributed by atoms with Crippen molar-refractivity contribution in [3.63, 3.8) is 0 Å². The number of aromatic nitrogens is 2. The molecule has 0 atom stereocenters. The third-order valence-electron chi connectivity index (χ3n) is 7.35. The lowest BCUT2D eigenvalue weighted by Gasteiger charge is -2.36. The number of rotatable bonds is 6. The Hall–Kier alpha value is -2.43. The fourth-order valence-electron chi connectivity index (χ4n) is 5.32. The summed E-state index contributed by atoms with van der Waals surface area (Å²) in [6.45, 7) is 11.6. The second-order valence-corrected chi connectivity index (χ2v) is 9.82. The number of carbonyl (C=O) groups excluding carboxylic acids is 1. The molecular weight excluding hydrogens is 396 g/mol. The van der Waals surface area contributed by atoms with Crippen LogP contribution in [0.25, 0.3) is 0 Å². The van der Waals surface area contributed by atoms with Crippen LogP contribution in [0.5, 0.6) is 0 Å². The average molecular weight is 435 g/mol. The molecule has 5 nitrogen and oxygen atoms in total. The third kappa shape index (κ3) is 5.31. The van der Waals surface area contributed by atoms with Crippen LogP contribution in [0.1, 0.15) is 72.3 Å². The second kappa shape index (κ2) is 10.0. The van der Waals surface area contributed by atoms with Crippen molar-refractivity contribution in [2.24, 2.45) is 5.92 Å². The normalized spacial score (nSPS) is 17.2. The molecule has 32 heavy (non-hydrogen) atoms. The number of carbonyl (C=O) groups is 1. The lowest BCUT2D eigenvalue weighted by molar-refractivity contribution is -0.131. The Morgan fingerprint density at radius 1 is 1.00 bits per heavy atom. The molecule has 2 aliphatic rings. The molecule has 0 radical (unpaired) electrons. The number of hydrogen-bond acceptors (Lipinski definition) is 4. The van der Waals surface area contributed by atoms with Crippen molar-refractivity contribution >= 4 is 11.7 Å². The van der Waals surface area contributed by atoms with Gasteiger partial charge in [-0.3, -0.25) is 4.79 Å². The minimum atomic E-state index is 0.335.